The summed E-state index contributed by atoms with van der Waals surface area (Å²) >= 11 is 0. The van der Waals surface area contributed by atoms with Crippen LogP contribution in [-0.4, -0.2) is 91.0 Å². The number of hydrazone groups is 2. The lowest BCUT2D eigenvalue weighted by Crippen LogP contribution is -2.48. The van der Waals surface area contributed by atoms with Crippen molar-refractivity contribution in [3.63, 3.8) is 0 Å². The third-order valence-corrected chi connectivity index (χ3v) is 4.42. The normalized spacial score (nSPS) is 23.3. The first kappa shape index (κ1) is 21.5. The molecule has 0 spiro atoms. The summed E-state index contributed by atoms with van der Waals surface area (Å²) < 4.78 is 11.3. The molecule has 1 amide bonds. The first-order chi connectivity index (χ1) is 12.8. The molecule has 8 nitrogen and oxygen atoms in total. The molecule has 2 aliphatic heterocycles. The minimum atomic E-state index is -0.457. The number of hydrogen-bond donors (Lipinski definition) is 0. The molecular formula is C19H35N5O3. The van der Waals surface area contributed by atoms with Gasteiger partial charge in [0.1, 0.15) is 5.60 Å². The number of piperazine rings is 1. The van der Waals surface area contributed by atoms with Crippen molar-refractivity contribution in [2.24, 2.45) is 16.1 Å². The van der Waals surface area contributed by atoms with Crippen LogP contribution in [0.25, 0.3) is 0 Å². The summed E-state index contributed by atoms with van der Waals surface area (Å²) in [6.07, 6.45) is 4.69. The molecule has 2 rings (SSSR count). The fourth-order valence-electron chi connectivity index (χ4n) is 3.12. The van der Waals surface area contributed by atoms with Gasteiger partial charge in [-0.3, -0.25) is 10.0 Å². The Labute approximate surface area is 163 Å². The lowest BCUT2D eigenvalue weighted by atomic mass is 10.0. The van der Waals surface area contributed by atoms with E-state index in [9.17, 15) is 4.79 Å². The van der Waals surface area contributed by atoms with Gasteiger partial charge in [-0.15, -0.1) is 0 Å². The molecule has 2 unspecified atom stereocenters. The van der Waals surface area contributed by atoms with Gasteiger partial charge in [0.15, 0.2) is 0 Å². The number of amides is 1. The predicted molar refractivity (Wildman–Crippen MR) is 107 cm³/mol. The first-order valence-electron chi connectivity index (χ1n) is 9.89. The van der Waals surface area contributed by atoms with Crippen LogP contribution in [0.1, 0.15) is 41.0 Å². The summed E-state index contributed by atoms with van der Waals surface area (Å²) in [6.45, 7) is 14.9. The van der Waals surface area contributed by atoms with Gasteiger partial charge in [-0.1, -0.05) is 6.92 Å². The Morgan fingerprint density at radius 2 is 1.89 bits per heavy atom. The highest BCUT2D eigenvalue weighted by Crippen LogP contribution is 2.15. The summed E-state index contributed by atoms with van der Waals surface area (Å²) in [5.41, 5.74) is -0.457. The fourth-order valence-corrected chi connectivity index (χ4v) is 3.12. The Morgan fingerprint density at radius 1 is 1.19 bits per heavy atom. The van der Waals surface area contributed by atoms with Crippen LogP contribution in [0.15, 0.2) is 10.2 Å². The smallest absolute Gasteiger partial charge is 0.410 e. The van der Waals surface area contributed by atoms with E-state index in [1.807, 2.05) is 45.1 Å². The third-order valence-electron chi connectivity index (χ3n) is 4.42. The van der Waals surface area contributed by atoms with Gasteiger partial charge in [0.05, 0.1) is 38.9 Å². The zero-order chi connectivity index (χ0) is 19.9. The maximum absolute atomic E-state index is 12.1. The largest absolute Gasteiger partial charge is 0.444 e. The Balaban J connectivity index is 1.71. The van der Waals surface area contributed by atoms with E-state index in [0.717, 1.165) is 39.2 Å². The molecule has 2 fully saturated rings. The van der Waals surface area contributed by atoms with Crippen molar-refractivity contribution >= 4 is 18.5 Å². The number of carbonyl (C=O) groups excluding carboxylic acids is 1. The highest BCUT2D eigenvalue weighted by molar-refractivity contribution is 5.68. The number of carbonyl (C=O) groups is 1. The minimum Gasteiger partial charge on any atom is -0.444 e. The highest BCUT2D eigenvalue weighted by atomic mass is 16.6. The quantitative estimate of drug-likeness (QED) is 0.683. The average molecular weight is 382 g/mol. The van der Waals surface area contributed by atoms with E-state index in [-0.39, 0.29) is 12.2 Å². The van der Waals surface area contributed by atoms with Crippen LogP contribution >= 0.6 is 0 Å². The molecule has 154 valence electrons. The molecular weight excluding hydrogens is 346 g/mol. The molecule has 0 aromatic rings. The molecule has 0 bridgehead atoms. The summed E-state index contributed by atoms with van der Waals surface area (Å²) in [5.74, 6) is 0.324. The van der Waals surface area contributed by atoms with Gasteiger partial charge < -0.3 is 14.4 Å². The van der Waals surface area contributed by atoms with Gasteiger partial charge in [0.25, 0.3) is 0 Å². The van der Waals surface area contributed by atoms with Crippen LogP contribution in [-0.2, 0) is 9.47 Å². The number of nitrogens with zero attached hydrogens (tertiary/aromatic N) is 5. The second-order valence-corrected chi connectivity index (χ2v) is 8.18. The lowest BCUT2D eigenvalue weighted by molar-refractivity contribution is -0.0340. The van der Waals surface area contributed by atoms with E-state index in [4.69, 9.17) is 9.47 Å². The van der Waals surface area contributed by atoms with Crippen LogP contribution in [0.2, 0.25) is 0 Å². The number of ether oxygens (including phenoxy) is 2. The molecule has 0 N–H and O–H groups in total. The van der Waals surface area contributed by atoms with Gasteiger partial charge in [-0.05, 0) is 40.0 Å². The van der Waals surface area contributed by atoms with Gasteiger partial charge in [-0.2, -0.15) is 10.2 Å². The number of morpholine rings is 1. The molecule has 0 radical (unpaired) electrons. The topological polar surface area (TPSA) is 70.0 Å². The standard InChI is InChI=1S/C19H35N5O3/c1-6-20-24-11-12-26-17(15-24)13-16(2)14-21-23-9-7-22(8-10-23)18(25)27-19(3,4)5/h6,14,16-17H,7-13,15H2,1-5H3/b20-6+,21-14+. The Bertz CT molecular complexity index is 524. The zero-order valence-electron chi connectivity index (χ0n) is 17.4. The van der Waals surface area contributed by atoms with E-state index in [1.54, 1.807) is 4.90 Å². The molecule has 27 heavy (non-hydrogen) atoms. The van der Waals surface area contributed by atoms with Crippen LogP contribution in [0.3, 0.4) is 0 Å². The first-order valence-corrected chi connectivity index (χ1v) is 9.89. The minimum absolute atomic E-state index is 0.188. The van der Waals surface area contributed by atoms with Crippen LogP contribution in [0.4, 0.5) is 4.79 Å². The van der Waals surface area contributed by atoms with Gasteiger partial charge >= 0.3 is 6.09 Å². The molecule has 2 atom stereocenters. The second kappa shape index (κ2) is 9.92. The fraction of sp³-hybridized carbons (Fsp3) is 0.842. The summed E-state index contributed by atoms with van der Waals surface area (Å²) in [5, 5.41) is 13.0. The SMILES string of the molecule is C/C=N/N1CCOC(CC(C)/C=N/N2CCN(C(=O)OC(C)(C)C)CC2)C1. The van der Waals surface area contributed by atoms with Crippen LogP contribution in [0.5, 0.6) is 0 Å². The lowest BCUT2D eigenvalue weighted by Gasteiger charge is -2.34. The van der Waals surface area contributed by atoms with Crippen molar-refractivity contribution in [1.82, 2.24) is 14.9 Å². The maximum atomic E-state index is 12.1. The highest BCUT2D eigenvalue weighted by Gasteiger charge is 2.25. The molecule has 0 aromatic heterocycles. The molecule has 0 aliphatic carbocycles. The third kappa shape index (κ3) is 7.74. The summed E-state index contributed by atoms with van der Waals surface area (Å²) in [6, 6.07) is 0. The van der Waals surface area contributed by atoms with E-state index in [1.165, 1.54) is 0 Å². The van der Waals surface area contributed by atoms with Crippen molar-refractivity contribution in [3.05, 3.63) is 0 Å². The molecule has 0 saturated carbocycles. The Hall–Kier alpha value is -1.83. The Morgan fingerprint density at radius 3 is 2.52 bits per heavy atom. The monoisotopic (exact) mass is 381 g/mol. The van der Waals surface area contributed by atoms with Gasteiger partial charge in [0, 0.05) is 25.5 Å². The van der Waals surface area contributed by atoms with E-state index in [0.29, 0.717) is 19.0 Å². The van der Waals surface area contributed by atoms with Gasteiger partial charge in [0.2, 0.25) is 0 Å². The van der Waals surface area contributed by atoms with Crippen molar-refractivity contribution in [3.8, 4) is 0 Å². The van der Waals surface area contributed by atoms with Crippen molar-refractivity contribution in [2.45, 2.75) is 52.7 Å². The number of hydrogen-bond acceptors (Lipinski definition) is 7. The Kier molecular flexibility index (Phi) is 7.89. The average Bonchev–Trinajstić information content (AvgIpc) is 2.59. The van der Waals surface area contributed by atoms with Crippen LogP contribution in [0, 0.1) is 5.92 Å². The van der Waals surface area contributed by atoms with E-state index >= 15 is 0 Å². The predicted octanol–water partition coefficient (Wildman–Crippen LogP) is 2.26. The molecule has 2 saturated heterocycles. The van der Waals surface area contributed by atoms with Crippen LogP contribution < -0.4 is 0 Å². The van der Waals surface area contributed by atoms with Crippen molar-refractivity contribution in [2.75, 3.05) is 45.9 Å². The second-order valence-electron chi connectivity index (χ2n) is 8.18. The molecule has 0 aromatic carbocycles. The molecule has 8 heteroatoms. The van der Waals surface area contributed by atoms with Crippen molar-refractivity contribution in [1.29, 1.82) is 0 Å². The van der Waals surface area contributed by atoms with E-state index < -0.39 is 5.60 Å². The zero-order valence-corrected chi connectivity index (χ0v) is 17.4. The number of rotatable bonds is 5. The van der Waals surface area contributed by atoms with E-state index in [2.05, 4.69) is 22.1 Å². The van der Waals surface area contributed by atoms with Gasteiger partial charge in [-0.25, -0.2) is 4.79 Å². The molecule has 2 heterocycles. The summed E-state index contributed by atoms with van der Waals surface area (Å²) in [4.78, 5) is 13.8. The molecule has 2 aliphatic rings. The van der Waals surface area contributed by atoms with Crippen molar-refractivity contribution < 1.29 is 14.3 Å². The maximum Gasteiger partial charge on any atom is 0.410 e. The summed E-state index contributed by atoms with van der Waals surface area (Å²) in [7, 11) is 0.